The van der Waals surface area contributed by atoms with E-state index in [-0.39, 0.29) is 17.8 Å². The van der Waals surface area contributed by atoms with Crippen molar-refractivity contribution in [2.24, 2.45) is 11.7 Å². The summed E-state index contributed by atoms with van der Waals surface area (Å²) in [5, 5.41) is 0. The fourth-order valence-corrected chi connectivity index (χ4v) is 3.27. The van der Waals surface area contributed by atoms with Crippen molar-refractivity contribution in [3.63, 3.8) is 0 Å². The largest absolute Gasteiger partial charge is 0.378 e. The molecule has 2 unspecified atom stereocenters. The molecule has 0 saturated carbocycles. The third-order valence-electron chi connectivity index (χ3n) is 4.64. The van der Waals surface area contributed by atoms with Crippen LogP contribution in [0.4, 0.5) is 4.39 Å². The van der Waals surface area contributed by atoms with Gasteiger partial charge in [0.25, 0.3) is 0 Å². The lowest BCUT2D eigenvalue weighted by atomic mass is 9.98. The number of primary amides is 1. The van der Waals surface area contributed by atoms with Crippen LogP contribution in [0.15, 0.2) is 12.1 Å². The van der Waals surface area contributed by atoms with Crippen molar-refractivity contribution < 1.29 is 18.7 Å². The number of rotatable bonds is 5. The number of hydrogen-bond donors (Lipinski definition) is 1. The summed E-state index contributed by atoms with van der Waals surface area (Å²) in [5.41, 5.74) is 7.47. The highest BCUT2D eigenvalue weighted by Crippen LogP contribution is 2.33. The van der Waals surface area contributed by atoms with E-state index in [1.54, 1.807) is 7.05 Å². The van der Waals surface area contributed by atoms with Gasteiger partial charge in [0.15, 0.2) is 0 Å². The summed E-state index contributed by atoms with van der Waals surface area (Å²) in [6.07, 6.45) is 1.81. The van der Waals surface area contributed by atoms with Gasteiger partial charge >= 0.3 is 0 Å². The molecule has 0 aromatic heterocycles. The first kappa shape index (κ1) is 15.1. The number of ether oxygens (including phenoxy) is 1. The summed E-state index contributed by atoms with van der Waals surface area (Å²) in [4.78, 5) is 24.7. The molecule has 1 heterocycles. The van der Waals surface area contributed by atoms with Crippen molar-refractivity contribution in [3.05, 3.63) is 34.6 Å². The number of fused-ring (bicyclic) bond motifs is 1. The van der Waals surface area contributed by atoms with Crippen LogP contribution in [0.3, 0.4) is 0 Å². The van der Waals surface area contributed by atoms with Crippen LogP contribution in [0.5, 0.6) is 0 Å². The molecule has 6 heteroatoms. The van der Waals surface area contributed by atoms with Gasteiger partial charge in [0.2, 0.25) is 5.91 Å². The number of amides is 1. The van der Waals surface area contributed by atoms with Gasteiger partial charge in [0.05, 0.1) is 19.3 Å². The van der Waals surface area contributed by atoms with E-state index in [2.05, 4.69) is 0 Å². The molecule has 2 aliphatic rings. The van der Waals surface area contributed by atoms with E-state index in [4.69, 9.17) is 10.5 Å². The Morgan fingerprint density at radius 2 is 2.18 bits per heavy atom. The Morgan fingerprint density at radius 3 is 2.73 bits per heavy atom. The summed E-state index contributed by atoms with van der Waals surface area (Å²) in [5.74, 6) is -1.05. The van der Waals surface area contributed by atoms with Crippen molar-refractivity contribution in [1.29, 1.82) is 0 Å². The number of nitrogens with two attached hydrogens (primary N) is 1. The maximum atomic E-state index is 14.3. The van der Waals surface area contributed by atoms with E-state index >= 15 is 0 Å². The average Bonchev–Trinajstić information content (AvgIpc) is 2.80. The molecule has 0 radical (unpaired) electrons. The molecule has 5 nitrogen and oxygen atoms in total. The number of likely N-dealkylation sites (N-methyl/N-ethyl adjacent to an activating group) is 1. The zero-order chi connectivity index (χ0) is 15.9. The van der Waals surface area contributed by atoms with Crippen LogP contribution in [0.2, 0.25) is 0 Å². The first-order valence-corrected chi connectivity index (χ1v) is 7.36. The van der Waals surface area contributed by atoms with Gasteiger partial charge in [-0.05, 0) is 42.6 Å². The van der Waals surface area contributed by atoms with E-state index in [0.29, 0.717) is 37.2 Å². The lowest BCUT2D eigenvalue weighted by molar-refractivity contribution is -0.129. The number of carbonyl (C=O) groups is 2. The maximum Gasteiger partial charge on any atom is 0.239 e. The van der Waals surface area contributed by atoms with Crippen molar-refractivity contribution in [2.45, 2.75) is 24.9 Å². The Morgan fingerprint density at radius 1 is 1.45 bits per heavy atom. The predicted octanol–water partition coefficient (Wildman–Crippen LogP) is 0.596. The third-order valence-corrected chi connectivity index (χ3v) is 4.64. The standard InChI is InChI=1S/C16H19FN2O3/c1-19(12-7-22-8-12)15(16(18)21)11-4-10-2-9(6-20)3-13(10)14(17)5-11/h4-6,9,12,15H,2-3,7-8H2,1H3,(H2,18,21). The van der Waals surface area contributed by atoms with E-state index in [1.807, 2.05) is 11.0 Å². The van der Waals surface area contributed by atoms with Crippen LogP contribution in [-0.4, -0.2) is 43.4 Å². The highest BCUT2D eigenvalue weighted by atomic mass is 19.1. The van der Waals surface area contributed by atoms with Gasteiger partial charge in [-0.2, -0.15) is 0 Å². The van der Waals surface area contributed by atoms with Gasteiger partial charge in [-0.3, -0.25) is 9.69 Å². The Hall–Kier alpha value is -1.79. The van der Waals surface area contributed by atoms with Gasteiger partial charge in [-0.25, -0.2) is 4.39 Å². The molecule has 22 heavy (non-hydrogen) atoms. The van der Waals surface area contributed by atoms with Gasteiger partial charge < -0.3 is 15.3 Å². The highest BCUT2D eigenvalue weighted by Gasteiger charge is 2.34. The van der Waals surface area contributed by atoms with Gasteiger partial charge in [0, 0.05) is 5.92 Å². The molecule has 1 aromatic carbocycles. The number of benzene rings is 1. The fraction of sp³-hybridized carbons (Fsp3) is 0.500. The quantitative estimate of drug-likeness (QED) is 0.809. The second kappa shape index (κ2) is 5.78. The molecule has 1 saturated heterocycles. The van der Waals surface area contributed by atoms with Gasteiger partial charge in [0.1, 0.15) is 18.1 Å². The monoisotopic (exact) mass is 306 g/mol. The lowest BCUT2D eigenvalue weighted by Gasteiger charge is -2.38. The van der Waals surface area contributed by atoms with Crippen molar-refractivity contribution >= 4 is 12.2 Å². The third kappa shape index (κ3) is 2.53. The normalized spacial score (nSPS) is 22.2. The number of nitrogens with zero attached hydrogens (tertiary/aromatic N) is 1. The van der Waals surface area contributed by atoms with Crippen LogP contribution in [0, 0.1) is 11.7 Å². The molecule has 2 atom stereocenters. The zero-order valence-electron chi connectivity index (χ0n) is 12.4. The van der Waals surface area contributed by atoms with E-state index < -0.39 is 11.9 Å². The maximum absolute atomic E-state index is 14.3. The van der Waals surface area contributed by atoms with Crippen LogP contribution in [-0.2, 0) is 27.2 Å². The topological polar surface area (TPSA) is 72.6 Å². The summed E-state index contributed by atoms with van der Waals surface area (Å²) >= 11 is 0. The first-order valence-electron chi connectivity index (χ1n) is 7.36. The summed E-state index contributed by atoms with van der Waals surface area (Å²) < 4.78 is 19.5. The van der Waals surface area contributed by atoms with Crippen LogP contribution in [0.1, 0.15) is 22.7 Å². The SMILES string of the molecule is CN(C1COC1)C(C(N)=O)c1cc(F)c2c(c1)CC(C=O)C2. The molecule has 3 rings (SSSR count). The summed E-state index contributed by atoms with van der Waals surface area (Å²) in [6, 6.07) is 2.60. The number of hydrogen-bond acceptors (Lipinski definition) is 4. The minimum atomic E-state index is -0.691. The van der Waals surface area contributed by atoms with E-state index in [0.717, 1.165) is 11.8 Å². The minimum Gasteiger partial charge on any atom is -0.378 e. The van der Waals surface area contributed by atoms with Crippen LogP contribution in [0.25, 0.3) is 0 Å². The van der Waals surface area contributed by atoms with Crippen molar-refractivity contribution in [1.82, 2.24) is 4.90 Å². The Labute approximate surface area is 128 Å². The molecule has 2 N–H and O–H groups in total. The molecular weight excluding hydrogens is 287 g/mol. The van der Waals surface area contributed by atoms with Crippen LogP contribution >= 0.6 is 0 Å². The average molecular weight is 306 g/mol. The number of aldehydes is 1. The molecule has 1 aliphatic heterocycles. The summed E-state index contributed by atoms with van der Waals surface area (Å²) in [6.45, 7) is 1.09. The first-order chi connectivity index (χ1) is 10.5. The van der Waals surface area contributed by atoms with Gasteiger partial charge in [-0.1, -0.05) is 6.07 Å². The molecule has 0 spiro atoms. The minimum absolute atomic E-state index is 0.108. The molecule has 1 amide bonds. The Bertz CT molecular complexity index is 616. The predicted molar refractivity (Wildman–Crippen MR) is 77.7 cm³/mol. The van der Waals surface area contributed by atoms with Crippen molar-refractivity contribution in [3.8, 4) is 0 Å². The number of carbonyl (C=O) groups excluding carboxylic acids is 2. The molecule has 1 fully saturated rings. The number of halogens is 1. The van der Waals surface area contributed by atoms with E-state index in [1.165, 1.54) is 6.07 Å². The molecule has 118 valence electrons. The molecule has 1 aromatic rings. The Kier molecular flexibility index (Phi) is 3.97. The van der Waals surface area contributed by atoms with Crippen molar-refractivity contribution in [2.75, 3.05) is 20.3 Å². The lowest BCUT2D eigenvalue weighted by Crippen LogP contribution is -2.51. The van der Waals surface area contributed by atoms with Gasteiger partial charge in [-0.15, -0.1) is 0 Å². The highest BCUT2D eigenvalue weighted by molar-refractivity contribution is 5.81. The van der Waals surface area contributed by atoms with E-state index in [9.17, 15) is 14.0 Å². The fourth-order valence-electron chi connectivity index (χ4n) is 3.27. The smallest absolute Gasteiger partial charge is 0.239 e. The summed E-state index contributed by atoms with van der Waals surface area (Å²) in [7, 11) is 1.79. The van der Waals surface area contributed by atoms with Crippen LogP contribution < -0.4 is 5.73 Å². The second-order valence-electron chi connectivity index (χ2n) is 6.11. The molecule has 0 bridgehead atoms. The molecular formula is C16H19FN2O3. The molecule has 1 aliphatic carbocycles. The zero-order valence-corrected chi connectivity index (χ0v) is 12.4. The Balaban J connectivity index is 1.94. The second-order valence-corrected chi connectivity index (χ2v) is 6.11.